The Bertz CT molecular complexity index is 362. The van der Waals surface area contributed by atoms with Crippen LogP contribution in [0.2, 0.25) is 0 Å². The molecule has 1 aliphatic heterocycles. The Morgan fingerprint density at radius 3 is 2.33 bits per heavy atom. The largest absolute Gasteiger partial charge is 0.369 e. The Balaban J connectivity index is 1.76. The third-order valence-corrected chi connectivity index (χ3v) is 3.82. The summed E-state index contributed by atoms with van der Waals surface area (Å²) in [5, 5.41) is 5.61. The molecule has 1 atom stereocenters. The maximum Gasteiger partial charge on any atom is 0.225 e. The summed E-state index contributed by atoms with van der Waals surface area (Å²) in [5.74, 6) is -0.659. The molecule has 4 N–H and O–H groups in total. The van der Waals surface area contributed by atoms with Crippen LogP contribution >= 0.6 is 0 Å². The van der Waals surface area contributed by atoms with Gasteiger partial charge in [-0.2, -0.15) is 0 Å². The molecule has 3 amide bonds. The number of nitrogens with one attached hydrogen (secondary N) is 2. The third kappa shape index (κ3) is 3.00. The fourth-order valence-corrected chi connectivity index (χ4v) is 2.63. The minimum Gasteiger partial charge on any atom is -0.369 e. The minimum atomic E-state index is -0.245. The van der Waals surface area contributed by atoms with Crippen LogP contribution < -0.4 is 16.4 Å². The van der Waals surface area contributed by atoms with Gasteiger partial charge in [0, 0.05) is 24.9 Å². The van der Waals surface area contributed by atoms with Gasteiger partial charge in [-0.1, -0.05) is 0 Å². The van der Waals surface area contributed by atoms with E-state index in [0.717, 1.165) is 25.7 Å². The van der Waals surface area contributed by atoms with Gasteiger partial charge in [0.2, 0.25) is 17.7 Å². The summed E-state index contributed by atoms with van der Waals surface area (Å²) in [5.41, 5.74) is 5.26. The van der Waals surface area contributed by atoms with Gasteiger partial charge in [0.25, 0.3) is 0 Å². The van der Waals surface area contributed by atoms with E-state index in [1.54, 1.807) is 0 Å². The number of hydrogen-bond acceptors (Lipinski definition) is 3. The average molecular weight is 253 g/mol. The van der Waals surface area contributed by atoms with Crippen molar-refractivity contribution in [1.82, 2.24) is 10.6 Å². The van der Waals surface area contributed by atoms with Gasteiger partial charge < -0.3 is 16.4 Å². The minimum absolute atomic E-state index is 0.0483. The van der Waals surface area contributed by atoms with Gasteiger partial charge in [-0.15, -0.1) is 0 Å². The summed E-state index contributed by atoms with van der Waals surface area (Å²) < 4.78 is 0. The lowest BCUT2D eigenvalue weighted by atomic mass is 9.85. The summed E-state index contributed by atoms with van der Waals surface area (Å²) >= 11 is 0. The fraction of sp³-hybridized carbons (Fsp3) is 0.750. The molecule has 2 fully saturated rings. The van der Waals surface area contributed by atoms with Crippen molar-refractivity contribution < 1.29 is 14.4 Å². The molecular weight excluding hydrogens is 234 g/mol. The lowest BCUT2D eigenvalue weighted by Crippen LogP contribution is -2.42. The molecule has 100 valence electrons. The zero-order valence-corrected chi connectivity index (χ0v) is 10.3. The summed E-state index contributed by atoms with van der Waals surface area (Å²) in [6.07, 6.45) is 3.33. The standard InChI is InChI=1S/C12H19N3O3/c13-11(17)7-1-3-9(4-2-7)15-12(18)8-5-10(16)14-6-8/h7-9H,1-6H2,(H2,13,17)(H,14,16)(H,15,18). The first-order valence-corrected chi connectivity index (χ1v) is 6.42. The maximum absolute atomic E-state index is 11.9. The van der Waals surface area contributed by atoms with Crippen LogP contribution in [0.1, 0.15) is 32.1 Å². The molecule has 1 unspecified atom stereocenters. The second kappa shape index (κ2) is 5.37. The molecule has 0 radical (unpaired) electrons. The number of amides is 3. The zero-order chi connectivity index (χ0) is 13.1. The molecule has 1 heterocycles. The van der Waals surface area contributed by atoms with E-state index >= 15 is 0 Å². The van der Waals surface area contributed by atoms with Crippen molar-refractivity contribution in [2.75, 3.05) is 6.54 Å². The normalized spacial score (nSPS) is 31.8. The SMILES string of the molecule is NC(=O)C1CCC(NC(=O)C2CNC(=O)C2)CC1. The predicted molar refractivity (Wildman–Crippen MR) is 64.2 cm³/mol. The first-order valence-electron chi connectivity index (χ1n) is 6.42. The van der Waals surface area contributed by atoms with Crippen molar-refractivity contribution in [2.24, 2.45) is 17.6 Å². The number of hydrogen-bond donors (Lipinski definition) is 3. The number of rotatable bonds is 3. The molecule has 1 aliphatic carbocycles. The van der Waals surface area contributed by atoms with E-state index in [0.29, 0.717) is 6.54 Å². The first kappa shape index (κ1) is 12.9. The van der Waals surface area contributed by atoms with Crippen molar-refractivity contribution in [3.8, 4) is 0 Å². The zero-order valence-electron chi connectivity index (χ0n) is 10.3. The monoisotopic (exact) mass is 253 g/mol. The van der Waals surface area contributed by atoms with E-state index in [1.807, 2.05) is 0 Å². The van der Waals surface area contributed by atoms with Gasteiger partial charge in [-0.25, -0.2) is 0 Å². The molecule has 0 aromatic carbocycles. The molecule has 6 nitrogen and oxygen atoms in total. The Kier molecular flexibility index (Phi) is 3.84. The first-order chi connectivity index (χ1) is 8.56. The highest BCUT2D eigenvalue weighted by atomic mass is 16.2. The molecule has 6 heteroatoms. The van der Waals surface area contributed by atoms with Gasteiger partial charge >= 0.3 is 0 Å². The van der Waals surface area contributed by atoms with Crippen LogP contribution in [0.25, 0.3) is 0 Å². The summed E-state index contributed by atoms with van der Waals surface area (Å²) in [6, 6.07) is 0.115. The number of carbonyl (C=O) groups excluding carboxylic acids is 3. The molecule has 1 saturated carbocycles. The van der Waals surface area contributed by atoms with Gasteiger partial charge in [0.15, 0.2) is 0 Å². The van der Waals surface area contributed by atoms with E-state index in [1.165, 1.54) is 0 Å². The Morgan fingerprint density at radius 2 is 1.83 bits per heavy atom. The van der Waals surface area contributed by atoms with Crippen LogP contribution in [0, 0.1) is 11.8 Å². The Morgan fingerprint density at radius 1 is 1.17 bits per heavy atom. The second-order valence-electron chi connectivity index (χ2n) is 5.16. The molecule has 0 aromatic heterocycles. The van der Waals surface area contributed by atoms with E-state index in [2.05, 4.69) is 10.6 Å². The summed E-state index contributed by atoms with van der Waals surface area (Å²) in [7, 11) is 0. The molecule has 1 saturated heterocycles. The van der Waals surface area contributed by atoms with Crippen LogP contribution in [-0.4, -0.2) is 30.3 Å². The third-order valence-electron chi connectivity index (χ3n) is 3.82. The van der Waals surface area contributed by atoms with Gasteiger partial charge in [0.05, 0.1) is 5.92 Å². The summed E-state index contributed by atoms with van der Waals surface area (Å²) in [4.78, 5) is 33.9. The lowest BCUT2D eigenvalue weighted by molar-refractivity contribution is -0.127. The van der Waals surface area contributed by atoms with Crippen LogP contribution in [0.5, 0.6) is 0 Å². The molecule has 2 aliphatic rings. The Labute approximate surface area is 106 Å². The quantitative estimate of drug-likeness (QED) is 0.618. The van der Waals surface area contributed by atoms with Crippen molar-refractivity contribution in [3.05, 3.63) is 0 Å². The van der Waals surface area contributed by atoms with Crippen molar-refractivity contribution in [2.45, 2.75) is 38.1 Å². The Hall–Kier alpha value is -1.59. The summed E-state index contributed by atoms with van der Waals surface area (Å²) in [6.45, 7) is 0.432. The highest BCUT2D eigenvalue weighted by molar-refractivity contribution is 5.89. The van der Waals surface area contributed by atoms with Gasteiger partial charge in [-0.3, -0.25) is 14.4 Å². The fourth-order valence-electron chi connectivity index (χ4n) is 2.63. The number of primary amides is 1. The van der Waals surface area contributed by atoms with E-state index < -0.39 is 0 Å². The van der Waals surface area contributed by atoms with Crippen LogP contribution in [0.3, 0.4) is 0 Å². The maximum atomic E-state index is 11.9. The van der Waals surface area contributed by atoms with Crippen molar-refractivity contribution in [3.63, 3.8) is 0 Å². The molecule has 18 heavy (non-hydrogen) atoms. The van der Waals surface area contributed by atoms with Gasteiger partial charge in [-0.05, 0) is 25.7 Å². The predicted octanol–water partition coefficient (Wildman–Crippen LogP) is -0.717. The lowest BCUT2D eigenvalue weighted by Gasteiger charge is -2.28. The van der Waals surface area contributed by atoms with E-state index in [4.69, 9.17) is 5.73 Å². The molecule has 0 spiro atoms. The van der Waals surface area contributed by atoms with Crippen molar-refractivity contribution in [1.29, 1.82) is 0 Å². The topological polar surface area (TPSA) is 101 Å². The van der Waals surface area contributed by atoms with E-state index in [9.17, 15) is 14.4 Å². The average Bonchev–Trinajstić information content (AvgIpc) is 2.76. The molecule has 2 rings (SSSR count). The molecule has 0 aromatic rings. The highest BCUT2D eigenvalue weighted by Crippen LogP contribution is 2.24. The van der Waals surface area contributed by atoms with Gasteiger partial charge in [0.1, 0.15) is 0 Å². The van der Waals surface area contributed by atoms with Crippen LogP contribution in [0.4, 0.5) is 0 Å². The molecular formula is C12H19N3O3. The van der Waals surface area contributed by atoms with Crippen LogP contribution in [0.15, 0.2) is 0 Å². The molecule has 0 bridgehead atoms. The number of carbonyl (C=O) groups is 3. The van der Waals surface area contributed by atoms with Crippen molar-refractivity contribution >= 4 is 17.7 Å². The highest BCUT2D eigenvalue weighted by Gasteiger charge is 2.31. The smallest absolute Gasteiger partial charge is 0.225 e. The second-order valence-corrected chi connectivity index (χ2v) is 5.16. The number of nitrogens with two attached hydrogens (primary N) is 1. The van der Waals surface area contributed by atoms with Crippen LogP contribution in [-0.2, 0) is 14.4 Å². The van der Waals surface area contributed by atoms with E-state index in [-0.39, 0.29) is 42.0 Å².